The van der Waals surface area contributed by atoms with E-state index < -0.39 is 0 Å². The number of aromatic hydroxyl groups is 1. The Labute approximate surface area is 144 Å². The largest absolute Gasteiger partial charge is 0.508 e. The Morgan fingerprint density at radius 3 is 2.76 bits per heavy atom. The van der Waals surface area contributed by atoms with Gasteiger partial charge in [0.1, 0.15) is 18.1 Å². The van der Waals surface area contributed by atoms with Gasteiger partial charge in [-0.05, 0) is 60.0 Å². The number of rotatable bonds is 2. The molecule has 122 valence electrons. The van der Waals surface area contributed by atoms with Crippen molar-refractivity contribution in [2.45, 2.75) is 13.0 Å². The zero-order valence-corrected chi connectivity index (χ0v) is 13.5. The van der Waals surface area contributed by atoms with Crippen LogP contribution in [0.2, 0.25) is 0 Å². The lowest BCUT2D eigenvalue weighted by molar-refractivity contribution is 0.475. The molecular weight excluding hydrogens is 314 g/mol. The zero-order valence-electron chi connectivity index (χ0n) is 13.5. The molecule has 1 aliphatic rings. The molecular formula is C19H15N5O. The molecule has 6 heteroatoms. The number of hydrogen-bond acceptors (Lipinski definition) is 5. The molecule has 0 spiro atoms. The number of hydrogen-bond donors (Lipinski definition) is 2. The summed E-state index contributed by atoms with van der Waals surface area (Å²) in [7, 11) is 0. The maximum atomic E-state index is 9.54. The minimum Gasteiger partial charge on any atom is -0.508 e. The standard InChI is InChI=1S/C19H15N5O/c1-12-17(14-5-7-16(25)8-6-14)23-19-21-11-22-24(19)18(12)15-4-2-3-13(9-15)10-20/h2-9,11,18,25H,1H3,(H,21,22,23). The first-order chi connectivity index (χ1) is 12.2. The van der Waals surface area contributed by atoms with Gasteiger partial charge in [-0.1, -0.05) is 12.1 Å². The summed E-state index contributed by atoms with van der Waals surface area (Å²) in [5.41, 5.74) is 4.51. The highest BCUT2D eigenvalue weighted by atomic mass is 16.3. The van der Waals surface area contributed by atoms with E-state index in [-0.39, 0.29) is 11.8 Å². The van der Waals surface area contributed by atoms with Gasteiger partial charge < -0.3 is 10.4 Å². The molecule has 0 aliphatic carbocycles. The summed E-state index contributed by atoms with van der Waals surface area (Å²) in [6, 6.07) is 16.6. The molecule has 1 atom stereocenters. The van der Waals surface area contributed by atoms with Crippen LogP contribution in [0.1, 0.15) is 29.7 Å². The molecule has 2 aromatic carbocycles. The number of fused-ring (bicyclic) bond motifs is 1. The van der Waals surface area contributed by atoms with Crippen LogP contribution in [0, 0.1) is 11.3 Å². The molecule has 0 fully saturated rings. The van der Waals surface area contributed by atoms with Crippen molar-refractivity contribution in [1.82, 2.24) is 14.8 Å². The number of nitriles is 1. The summed E-state index contributed by atoms with van der Waals surface area (Å²) >= 11 is 0. The SMILES string of the molecule is CC1=C(c2ccc(O)cc2)Nc2ncnn2C1c1cccc(C#N)c1. The average Bonchev–Trinajstić information content (AvgIpc) is 3.10. The van der Waals surface area contributed by atoms with Gasteiger partial charge in [0.15, 0.2) is 0 Å². The van der Waals surface area contributed by atoms with Gasteiger partial charge in [0.2, 0.25) is 5.95 Å². The van der Waals surface area contributed by atoms with Crippen LogP contribution in [0.5, 0.6) is 5.75 Å². The number of phenolic OH excluding ortho intramolecular Hbond substituents is 1. The van der Waals surface area contributed by atoms with Gasteiger partial charge in [0, 0.05) is 5.70 Å². The second kappa shape index (κ2) is 5.80. The number of benzene rings is 2. The lowest BCUT2D eigenvalue weighted by Gasteiger charge is -2.29. The molecule has 3 aromatic rings. The number of aromatic nitrogens is 3. The van der Waals surface area contributed by atoms with E-state index in [9.17, 15) is 10.4 Å². The average molecular weight is 329 g/mol. The first kappa shape index (κ1) is 15.0. The van der Waals surface area contributed by atoms with Crippen LogP contribution < -0.4 is 5.32 Å². The summed E-state index contributed by atoms with van der Waals surface area (Å²) < 4.78 is 1.82. The van der Waals surface area contributed by atoms with Crippen LogP contribution >= 0.6 is 0 Å². The summed E-state index contributed by atoms with van der Waals surface area (Å²) in [6.45, 7) is 2.03. The molecule has 0 saturated heterocycles. The van der Waals surface area contributed by atoms with Crippen molar-refractivity contribution in [1.29, 1.82) is 5.26 Å². The molecule has 1 aromatic heterocycles. The van der Waals surface area contributed by atoms with E-state index >= 15 is 0 Å². The van der Waals surface area contributed by atoms with Crippen LogP contribution in [0.25, 0.3) is 5.70 Å². The minimum atomic E-state index is -0.157. The second-order valence-corrected chi connectivity index (χ2v) is 5.90. The Hall–Kier alpha value is -3.59. The van der Waals surface area contributed by atoms with E-state index in [1.165, 1.54) is 6.33 Å². The van der Waals surface area contributed by atoms with Crippen molar-refractivity contribution in [2.75, 3.05) is 5.32 Å². The first-order valence-corrected chi connectivity index (χ1v) is 7.84. The molecule has 2 heterocycles. The smallest absolute Gasteiger partial charge is 0.226 e. The van der Waals surface area contributed by atoms with Gasteiger partial charge in [-0.25, -0.2) is 4.68 Å². The molecule has 0 radical (unpaired) electrons. The Balaban J connectivity index is 1.89. The Bertz CT molecular complexity index is 1010. The summed E-state index contributed by atoms with van der Waals surface area (Å²) in [5, 5.41) is 26.4. The van der Waals surface area contributed by atoms with Crippen molar-refractivity contribution in [3.8, 4) is 11.8 Å². The minimum absolute atomic E-state index is 0.157. The fraction of sp³-hybridized carbons (Fsp3) is 0.105. The van der Waals surface area contributed by atoms with E-state index in [1.807, 2.05) is 41.9 Å². The zero-order chi connectivity index (χ0) is 17.4. The molecule has 2 N–H and O–H groups in total. The third-order valence-electron chi connectivity index (χ3n) is 4.35. The van der Waals surface area contributed by atoms with E-state index in [0.717, 1.165) is 22.4 Å². The lowest BCUT2D eigenvalue weighted by atomic mass is 9.93. The lowest BCUT2D eigenvalue weighted by Crippen LogP contribution is -2.24. The monoisotopic (exact) mass is 329 g/mol. The fourth-order valence-corrected chi connectivity index (χ4v) is 3.16. The summed E-state index contributed by atoms with van der Waals surface area (Å²) in [4.78, 5) is 4.30. The third kappa shape index (κ3) is 2.52. The van der Waals surface area contributed by atoms with Crippen LogP contribution in [-0.4, -0.2) is 19.9 Å². The number of allylic oxidation sites excluding steroid dienone is 1. The third-order valence-corrected chi connectivity index (χ3v) is 4.35. The second-order valence-electron chi connectivity index (χ2n) is 5.90. The van der Waals surface area contributed by atoms with Crippen molar-refractivity contribution in [3.63, 3.8) is 0 Å². The molecule has 25 heavy (non-hydrogen) atoms. The van der Waals surface area contributed by atoms with Crippen LogP contribution in [0.3, 0.4) is 0 Å². The topological polar surface area (TPSA) is 86.8 Å². The fourth-order valence-electron chi connectivity index (χ4n) is 3.16. The maximum Gasteiger partial charge on any atom is 0.226 e. The number of nitrogens with one attached hydrogen (secondary N) is 1. The van der Waals surface area contributed by atoms with Crippen LogP contribution in [0.4, 0.5) is 5.95 Å². The first-order valence-electron chi connectivity index (χ1n) is 7.84. The van der Waals surface area contributed by atoms with Crippen molar-refractivity contribution in [3.05, 3.63) is 77.1 Å². The van der Waals surface area contributed by atoms with Gasteiger partial charge in [-0.15, -0.1) is 0 Å². The highest BCUT2D eigenvalue weighted by molar-refractivity contribution is 5.80. The molecule has 0 amide bonds. The van der Waals surface area contributed by atoms with Gasteiger partial charge in [-0.3, -0.25) is 0 Å². The number of anilines is 1. The normalized spacial score (nSPS) is 16.1. The molecule has 0 bridgehead atoms. The van der Waals surface area contributed by atoms with E-state index in [1.54, 1.807) is 18.2 Å². The number of phenols is 1. The molecule has 1 aliphatic heterocycles. The predicted molar refractivity (Wildman–Crippen MR) is 93.6 cm³/mol. The molecule has 6 nitrogen and oxygen atoms in total. The van der Waals surface area contributed by atoms with Gasteiger partial charge in [0.25, 0.3) is 0 Å². The van der Waals surface area contributed by atoms with Crippen molar-refractivity contribution in [2.24, 2.45) is 0 Å². The Morgan fingerprint density at radius 2 is 2.00 bits per heavy atom. The predicted octanol–water partition coefficient (Wildman–Crippen LogP) is 3.30. The van der Waals surface area contributed by atoms with E-state index in [0.29, 0.717) is 11.5 Å². The highest BCUT2D eigenvalue weighted by Crippen LogP contribution is 2.38. The van der Waals surface area contributed by atoms with E-state index in [4.69, 9.17) is 0 Å². The quantitative estimate of drug-likeness (QED) is 0.753. The summed E-state index contributed by atoms with van der Waals surface area (Å²) in [5.74, 6) is 0.861. The summed E-state index contributed by atoms with van der Waals surface area (Å²) in [6.07, 6.45) is 1.51. The highest BCUT2D eigenvalue weighted by Gasteiger charge is 2.28. The van der Waals surface area contributed by atoms with Gasteiger partial charge in [-0.2, -0.15) is 15.3 Å². The molecule has 1 unspecified atom stereocenters. The maximum absolute atomic E-state index is 9.54. The van der Waals surface area contributed by atoms with Crippen LogP contribution in [-0.2, 0) is 0 Å². The Morgan fingerprint density at radius 1 is 1.20 bits per heavy atom. The number of nitrogens with zero attached hydrogens (tertiary/aromatic N) is 4. The van der Waals surface area contributed by atoms with Crippen LogP contribution in [0.15, 0.2) is 60.4 Å². The Kier molecular flexibility index (Phi) is 3.47. The molecule has 4 rings (SSSR count). The van der Waals surface area contributed by atoms with E-state index in [2.05, 4.69) is 21.5 Å². The van der Waals surface area contributed by atoms with Gasteiger partial charge in [0.05, 0.1) is 11.6 Å². The van der Waals surface area contributed by atoms with Crippen molar-refractivity contribution < 1.29 is 5.11 Å². The molecule has 0 saturated carbocycles. The van der Waals surface area contributed by atoms with Crippen molar-refractivity contribution >= 4 is 11.6 Å². The van der Waals surface area contributed by atoms with Gasteiger partial charge >= 0.3 is 0 Å².